The van der Waals surface area contributed by atoms with Crippen LogP contribution in [0.15, 0.2) is 48.5 Å². The van der Waals surface area contributed by atoms with Gasteiger partial charge in [0, 0.05) is 0 Å². The lowest BCUT2D eigenvalue weighted by Crippen LogP contribution is -2.40. The van der Waals surface area contributed by atoms with Crippen LogP contribution in [0.4, 0.5) is 26.3 Å². The third-order valence-electron chi connectivity index (χ3n) is 5.79. The van der Waals surface area contributed by atoms with Crippen molar-refractivity contribution in [1.29, 1.82) is 0 Å². The van der Waals surface area contributed by atoms with Gasteiger partial charge in [-0.15, -0.1) is 0 Å². The summed E-state index contributed by atoms with van der Waals surface area (Å²) in [7, 11) is 0. The lowest BCUT2D eigenvalue weighted by atomic mass is 9.70. The largest absolute Gasteiger partial charge is 0.416 e. The quantitative estimate of drug-likeness (QED) is 0.560. The van der Waals surface area contributed by atoms with Gasteiger partial charge in [-0.05, 0) is 73.9 Å². The van der Waals surface area contributed by atoms with Gasteiger partial charge < -0.3 is 5.32 Å². The van der Waals surface area contributed by atoms with Crippen molar-refractivity contribution in [1.82, 2.24) is 5.32 Å². The Labute approximate surface area is 166 Å². The molecule has 0 aromatic heterocycles. The first kappa shape index (κ1) is 21.7. The van der Waals surface area contributed by atoms with E-state index in [1.54, 1.807) is 0 Å². The third-order valence-corrected chi connectivity index (χ3v) is 5.79. The van der Waals surface area contributed by atoms with Crippen LogP contribution < -0.4 is 5.32 Å². The van der Waals surface area contributed by atoms with E-state index in [-0.39, 0.29) is 23.5 Å². The lowest BCUT2D eigenvalue weighted by Gasteiger charge is -2.38. The molecule has 1 N–H and O–H groups in total. The van der Waals surface area contributed by atoms with Crippen LogP contribution in [0, 0.1) is 0 Å². The van der Waals surface area contributed by atoms with E-state index in [0.29, 0.717) is 12.8 Å². The van der Waals surface area contributed by atoms with Crippen molar-refractivity contribution in [2.75, 3.05) is 13.1 Å². The van der Waals surface area contributed by atoms with Crippen LogP contribution in [0.1, 0.15) is 47.9 Å². The molecule has 1 fully saturated rings. The van der Waals surface area contributed by atoms with Crippen molar-refractivity contribution in [3.05, 3.63) is 70.8 Å². The zero-order valence-corrected chi connectivity index (χ0v) is 15.8. The molecule has 0 aliphatic carbocycles. The maximum absolute atomic E-state index is 13.4. The summed E-state index contributed by atoms with van der Waals surface area (Å²) in [5.74, 6) is 0. The molecule has 0 amide bonds. The Bertz CT molecular complexity index is 804. The molecule has 1 heterocycles. The summed E-state index contributed by atoms with van der Waals surface area (Å²) in [6.45, 7) is 1.67. The van der Waals surface area contributed by atoms with E-state index in [0.717, 1.165) is 38.1 Å². The van der Waals surface area contributed by atoms with Gasteiger partial charge >= 0.3 is 12.4 Å². The van der Waals surface area contributed by atoms with Crippen molar-refractivity contribution < 1.29 is 26.3 Å². The number of rotatable bonds is 5. The van der Waals surface area contributed by atoms with E-state index in [9.17, 15) is 26.3 Å². The fraction of sp³-hybridized carbons (Fsp3) is 0.455. The van der Waals surface area contributed by atoms with Crippen molar-refractivity contribution in [2.24, 2.45) is 0 Å². The Balaban J connectivity index is 1.80. The summed E-state index contributed by atoms with van der Waals surface area (Å²) in [6.07, 6.45) is -6.59. The predicted octanol–water partition coefficient (Wildman–Crippen LogP) is 6.37. The van der Waals surface area contributed by atoms with Crippen LogP contribution in [-0.4, -0.2) is 13.1 Å². The molecule has 158 valence electrons. The minimum Gasteiger partial charge on any atom is -0.317 e. The Morgan fingerprint density at radius 1 is 0.828 bits per heavy atom. The molecule has 2 aromatic carbocycles. The predicted molar refractivity (Wildman–Crippen MR) is 99.6 cm³/mol. The fourth-order valence-electron chi connectivity index (χ4n) is 4.23. The second-order valence-electron chi connectivity index (χ2n) is 7.62. The zero-order valence-electron chi connectivity index (χ0n) is 15.8. The van der Waals surface area contributed by atoms with Gasteiger partial charge in [-0.1, -0.05) is 36.4 Å². The van der Waals surface area contributed by atoms with Crippen molar-refractivity contribution in [2.45, 2.75) is 49.9 Å². The van der Waals surface area contributed by atoms with Crippen molar-refractivity contribution >= 4 is 0 Å². The van der Waals surface area contributed by atoms with Gasteiger partial charge in [0.15, 0.2) is 0 Å². The van der Waals surface area contributed by atoms with Crippen molar-refractivity contribution in [3.8, 4) is 0 Å². The summed E-state index contributed by atoms with van der Waals surface area (Å²) in [5.41, 5.74) is -1.48. The average molecular weight is 415 g/mol. The molecule has 0 atom stereocenters. The molecular formula is C22H23F6N. The van der Waals surface area contributed by atoms with E-state index in [4.69, 9.17) is 0 Å². The van der Waals surface area contributed by atoms with Gasteiger partial charge in [-0.3, -0.25) is 0 Å². The molecule has 0 spiro atoms. The van der Waals surface area contributed by atoms with Gasteiger partial charge in [0.25, 0.3) is 0 Å². The number of benzene rings is 2. The average Bonchev–Trinajstić information content (AvgIpc) is 2.68. The summed E-state index contributed by atoms with van der Waals surface area (Å²) in [6, 6.07) is 11.9. The second-order valence-corrected chi connectivity index (χ2v) is 7.62. The molecule has 3 rings (SSSR count). The smallest absolute Gasteiger partial charge is 0.317 e. The number of alkyl halides is 6. The molecule has 0 radical (unpaired) electrons. The maximum Gasteiger partial charge on any atom is 0.416 e. The van der Waals surface area contributed by atoms with Crippen LogP contribution in [-0.2, 0) is 24.2 Å². The normalized spacial score (nSPS) is 17.3. The Morgan fingerprint density at radius 3 is 2.07 bits per heavy atom. The molecular weight excluding hydrogens is 392 g/mol. The first-order valence-corrected chi connectivity index (χ1v) is 9.65. The van der Waals surface area contributed by atoms with Gasteiger partial charge in [0.05, 0.1) is 11.1 Å². The molecule has 0 bridgehead atoms. The van der Waals surface area contributed by atoms with Gasteiger partial charge in [0.2, 0.25) is 0 Å². The third kappa shape index (κ3) is 5.13. The molecule has 1 aliphatic heterocycles. The minimum absolute atomic E-state index is 0.0809. The highest BCUT2D eigenvalue weighted by molar-refractivity contribution is 5.36. The van der Waals surface area contributed by atoms with Gasteiger partial charge in [-0.25, -0.2) is 0 Å². The van der Waals surface area contributed by atoms with E-state index in [2.05, 4.69) is 5.32 Å². The molecule has 2 aromatic rings. The number of hydrogen-bond acceptors (Lipinski definition) is 1. The van der Waals surface area contributed by atoms with Crippen LogP contribution >= 0.6 is 0 Å². The number of piperidine rings is 1. The lowest BCUT2D eigenvalue weighted by molar-refractivity contribution is -0.143. The van der Waals surface area contributed by atoms with Gasteiger partial charge in [-0.2, -0.15) is 26.3 Å². The van der Waals surface area contributed by atoms with Crippen molar-refractivity contribution in [3.63, 3.8) is 0 Å². The Hall–Kier alpha value is -2.02. The van der Waals surface area contributed by atoms with E-state index in [1.807, 2.05) is 30.3 Å². The topological polar surface area (TPSA) is 12.0 Å². The summed E-state index contributed by atoms with van der Waals surface area (Å²) < 4.78 is 78.6. The van der Waals surface area contributed by atoms with E-state index >= 15 is 0 Å². The number of aryl methyl sites for hydroxylation is 1. The molecule has 0 saturated carbocycles. The second kappa shape index (κ2) is 8.38. The summed E-state index contributed by atoms with van der Waals surface area (Å²) in [5, 5.41) is 3.31. The van der Waals surface area contributed by atoms with E-state index in [1.165, 1.54) is 5.56 Å². The first-order chi connectivity index (χ1) is 13.6. The highest BCUT2D eigenvalue weighted by Gasteiger charge is 2.38. The summed E-state index contributed by atoms with van der Waals surface area (Å²) >= 11 is 0. The standard InChI is InChI=1S/C22H23F6N/c23-21(24,25)18-9-8-16(19(15-18)22(26,27)28)5-4-10-20(11-13-29-14-12-20)17-6-2-1-3-7-17/h1-3,6-9,15,29H,4-5,10-14H2. The number of hydrogen-bond donors (Lipinski definition) is 1. The highest BCUT2D eigenvalue weighted by atomic mass is 19.4. The molecule has 0 unspecified atom stereocenters. The first-order valence-electron chi connectivity index (χ1n) is 9.65. The Kier molecular flexibility index (Phi) is 6.27. The van der Waals surface area contributed by atoms with E-state index < -0.39 is 23.5 Å². The maximum atomic E-state index is 13.4. The highest BCUT2D eigenvalue weighted by Crippen LogP contribution is 2.40. The molecule has 1 nitrogen and oxygen atoms in total. The SMILES string of the molecule is FC(F)(F)c1ccc(CCCC2(c3ccccc3)CCNCC2)c(C(F)(F)F)c1. The number of halogens is 6. The molecule has 1 aliphatic rings. The fourth-order valence-corrected chi connectivity index (χ4v) is 4.23. The molecule has 29 heavy (non-hydrogen) atoms. The van der Waals surface area contributed by atoms with Crippen LogP contribution in [0.25, 0.3) is 0 Å². The van der Waals surface area contributed by atoms with Crippen LogP contribution in [0.2, 0.25) is 0 Å². The summed E-state index contributed by atoms with van der Waals surface area (Å²) in [4.78, 5) is 0. The zero-order chi connectivity index (χ0) is 21.1. The van der Waals surface area contributed by atoms with Crippen LogP contribution in [0.5, 0.6) is 0 Å². The molecule has 1 saturated heterocycles. The monoisotopic (exact) mass is 415 g/mol. The molecule has 7 heteroatoms. The number of nitrogens with one attached hydrogen (secondary N) is 1. The minimum atomic E-state index is -4.82. The Morgan fingerprint density at radius 2 is 1.48 bits per heavy atom. The van der Waals surface area contributed by atoms with Crippen LogP contribution in [0.3, 0.4) is 0 Å². The van der Waals surface area contributed by atoms with Gasteiger partial charge in [0.1, 0.15) is 0 Å².